The second-order valence-corrected chi connectivity index (χ2v) is 2.13. The van der Waals surface area contributed by atoms with Gasteiger partial charge in [0, 0.05) is 18.9 Å². The Morgan fingerprint density at radius 1 is 1.60 bits per heavy atom. The van der Waals surface area contributed by atoms with Crippen LogP contribution in [-0.2, 0) is 0 Å². The summed E-state index contributed by atoms with van der Waals surface area (Å²) in [5.41, 5.74) is 0. The van der Waals surface area contributed by atoms with Crippen LogP contribution in [-0.4, -0.2) is 29.4 Å². The van der Waals surface area contributed by atoms with E-state index in [1.165, 1.54) is 0 Å². The quantitative estimate of drug-likeness (QED) is 0.601. The molecule has 1 aliphatic heterocycles. The highest BCUT2D eigenvalue weighted by Gasteiger charge is 2.08. The van der Waals surface area contributed by atoms with E-state index in [1.807, 2.05) is 11.1 Å². The molecular weight excluding hydrogens is 128 g/mol. The second kappa shape index (κ2) is 2.13. The molecule has 0 bridgehead atoms. The minimum Gasteiger partial charge on any atom is -0.331 e. The van der Waals surface area contributed by atoms with Gasteiger partial charge in [-0.3, -0.25) is 4.99 Å². The number of imidazole rings is 1. The Morgan fingerprint density at radius 3 is 3.20 bits per heavy atom. The van der Waals surface area contributed by atoms with E-state index in [4.69, 9.17) is 0 Å². The van der Waals surface area contributed by atoms with Crippen LogP contribution in [0, 0.1) is 0 Å². The van der Waals surface area contributed by atoms with Crippen molar-refractivity contribution in [2.75, 3.05) is 18.0 Å². The van der Waals surface area contributed by atoms with E-state index in [-0.39, 0.29) is 0 Å². The fourth-order valence-corrected chi connectivity index (χ4v) is 0.954. The molecule has 0 saturated heterocycles. The van der Waals surface area contributed by atoms with Gasteiger partial charge in [0.2, 0.25) is 5.95 Å². The summed E-state index contributed by atoms with van der Waals surface area (Å²) < 4.78 is 0. The molecule has 0 amide bonds. The molecule has 1 aromatic heterocycles. The predicted octanol–water partition coefficient (Wildman–Crippen LogP) is 0.258. The monoisotopic (exact) mass is 136 g/mol. The molecule has 10 heavy (non-hydrogen) atoms. The number of aliphatic imine (C=N–C) groups is 1. The minimum atomic E-state index is 0.876. The predicted molar refractivity (Wildman–Crippen MR) is 39.3 cm³/mol. The number of nitrogens with one attached hydrogen (secondary N) is 1. The van der Waals surface area contributed by atoms with Crippen molar-refractivity contribution in [2.45, 2.75) is 0 Å². The van der Waals surface area contributed by atoms with Gasteiger partial charge in [-0.05, 0) is 0 Å². The zero-order valence-corrected chi connectivity index (χ0v) is 5.49. The van der Waals surface area contributed by atoms with E-state index in [1.54, 1.807) is 12.5 Å². The summed E-state index contributed by atoms with van der Waals surface area (Å²) in [5, 5.41) is 0. The van der Waals surface area contributed by atoms with Crippen LogP contribution in [0.2, 0.25) is 0 Å². The third kappa shape index (κ3) is 0.775. The first-order valence-corrected chi connectivity index (χ1v) is 3.23. The Bertz CT molecular complexity index is 226. The molecule has 1 N–H and O–H groups in total. The number of aromatic nitrogens is 2. The summed E-state index contributed by atoms with van der Waals surface area (Å²) in [6.07, 6.45) is 5.35. The maximum atomic E-state index is 4.08. The largest absolute Gasteiger partial charge is 0.331 e. The van der Waals surface area contributed by atoms with Crippen LogP contribution in [0.25, 0.3) is 0 Å². The molecule has 1 aliphatic rings. The van der Waals surface area contributed by atoms with Gasteiger partial charge in [0.1, 0.15) is 0 Å². The number of rotatable bonds is 1. The molecule has 0 atom stereocenters. The van der Waals surface area contributed by atoms with Crippen LogP contribution < -0.4 is 4.90 Å². The number of nitrogens with zero attached hydrogens (tertiary/aromatic N) is 3. The van der Waals surface area contributed by atoms with E-state index in [0.29, 0.717) is 0 Å². The van der Waals surface area contributed by atoms with Gasteiger partial charge in [-0.25, -0.2) is 4.98 Å². The van der Waals surface area contributed by atoms with E-state index in [0.717, 1.165) is 19.0 Å². The lowest BCUT2D eigenvalue weighted by Crippen LogP contribution is -2.19. The zero-order valence-electron chi connectivity index (χ0n) is 5.49. The average molecular weight is 136 g/mol. The van der Waals surface area contributed by atoms with Gasteiger partial charge in [0.05, 0.1) is 12.9 Å². The fourth-order valence-electron chi connectivity index (χ4n) is 0.954. The van der Waals surface area contributed by atoms with Crippen LogP contribution in [0.3, 0.4) is 0 Å². The SMILES string of the molecule is C1=NCCN1c1ncc[nH]1. The van der Waals surface area contributed by atoms with Crippen molar-refractivity contribution in [3.05, 3.63) is 12.4 Å². The van der Waals surface area contributed by atoms with Crippen LogP contribution in [0.1, 0.15) is 0 Å². The summed E-state index contributed by atoms with van der Waals surface area (Å²) in [4.78, 5) is 13.1. The van der Waals surface area contributed by atoms with Gasteiger partial charge in [0.25, 0.3) is 0 Å². The molecule has 0 fully saturated rings. The topological polar surface area (TPSA) is 44.3 Å². The van der Waals surface area contributed by atoms with Crippen LogP contribution in [0.15, 0.2) is 17.4 Å². The summed E-state index contributed by atoms with van der Waals surface area (Å²) in [5.74, 6) is 0.876. The molecule has 4 nitrogen and oxygen atoms in total. The van der Waals surface area contributed by atoms with Gasteiger partial charge in [-0.1, -0.05) is 0 Å². The lowest BCUT2D eigenvalue weighted by Gasteiger charge is -2.07. The lowest BCUT2D eigenvalue weighted by atomic mass is 10.6. The van der Waals surface area contributed by atoms with Crippen LogP contribution in [0.5, 0.6) is 0 Å². The van der Waals surface area contributed by atoms with Crippen molar-refractivity contribution >= 4 is 12.3 Å². The molecule has 52 valence electrons. The van der Waals surface area contributed by atoms with Crippen LogP contribution >= 0.6 is 0 Å². The first-order chi connectivity index (χ1) is 4.97. The van der Waals surface area contributed by atoms with Gasteiger partial charge < -0.3 is 9.88 Å². The maximum Gasteiger partial charge on any atom is 0.208 e. The van der Waals surface area contributed by atoms with Crippen molar-refractivity contribution in [3.8, 4) is 0 Å². The van der Waals surface area contributed by atoms with Crippen molar-refractivity contribution in [1.82, 2.24) is 9.97 Å². The fraction of sp³-hybridized carbons (Fsp3) is 0.333. The van der Waals surface area contributed by atoms with E-state index >= 15 is 0 Å². The third-order valence-electron chi connectivity index (χ3n) is 1.45. The Balaban J connectivity index is 2.20. The minimum absolute atomic E-state index is 0.876. The summed E-state index contributed by atoms with van der Waals surface area (Å²) >= 11 is 0. The van der Waals surface area contributed by atoms with Gasteiger partial charge in [-0.15, -0.1) is 0 Å². The molecule has 0 aromatic carbocycles. The van der Waals surface area contributed by atoms with Gasteiger partial charge >= 0.3 is 0 Å². The highest BCUT2D eigenvalue weighted by Crippen LogP contribution is 2.05. The molecule has 0 unspecified atom stereocenters. The molecule has 0 saturated carbocycles. The van der Waals surface area contributed by atoms with Crippen molar-refractivity contribution in [2.24, 2.45) is 4.99 Å². The maximum absolute atomic E-state index is 4.08. The van der Waals surface area contributed by atoms with Gasteiger partial charge in [-0.2, -0.15) is 0 Å². The highest BCUT2D eigenvalue weighted by molar-refractivity contribution is 5.77. The van der Waals surface area contributed by atoms with E-state index < -0.39 is 0 Å². The Hall–Kier alpha value is -1.32. The average Bonchev–Trinajstić information content (AvgIpc) is 2.59. The van der Waals surface area contributed by atoms with Crippen LogP contribution in [0.4, 0.5) is 5.95 Å². The number of aromatic amines is 1. The molecule has 0 aliphatic carbocycles. The third-order valence-corrected chi connectivity index (χ3v) is 1.45. The Labute approximate surface area is 58.6 Å². The Kier molecular flexibility index (Phi) is 1.16. The standard InChI is InChI=1S/C6H8N4/c1-2-9-6(8-1)10-4-3-7-5-10/h1-2,5H,3-4H2,(H,8,9). The number of hydrogen-bond donors (Lipinski definition) is 1. The molecule has 1 aromatic rings. The highest BCUT2D eigenvalue weighted by atomic mass is 15.3. The smallest absolute Gasteiger partial charge is 0.208 e. The lowest BCUT2D eigenvalue weighted by molar-refractivity contribution is 0.987. The molecular formula is C6H8N4. The molecule has 2 rings (SSSR count). The number of H-pyrrole nitrogens is 1. The molecule has 0 spiro atoms. The number of anilines is 1. The summed E-state index contributed by atoms with van der Waals surface area (Å²) in [6.45, 7) is 1.81. The van der Waals surface area contributed by atoms with Crippen molar-refractivity contribution in [3.63, 3.8) is 0 Å². The normalized spacial score (nSPS) is 16.6. The molecule has 4 heteroatoms. The number of hydrogen-bond acceptors (Lipinski definition) is 3. The summed E-state index contributed by atoms with van der Waals surface area (Å²) in [6, 6.07) is 0. The van der Waals surface area contributed by atoms with Crippen molar-refractivity contribution in [1.29, 1.82) is 0 Å². The molecule has 0 radical (unpaired) electrons. The zero-order chi connectivity index (χ0) is 6.81. The van der Waals surface area contributed by atoms with E-state index in [2.05, 4.69) is 15.0 Å². The first kappa shape index (κ1) is 5.46. The van der Waals surface area contributed by atoms with Crippen molar-refractivity contribution < 1.29 is 0 Å². The first-order valence-electron chi connectivity index (χ1n) is 3.23. The van der Waals surface area contributed by atoms with Gasteiger partial charge in [0.15, 0.2) is 0 Å². The second-order valence-electron chi connectivity index (χ2n) is 2.13. The molecule has 2 heterocycles. The van der Waals surface area contributed by atoms with E-state index in [9.17, 15) is 0 Å². The summed E-state index contributed by atoms with van der Waals surface area (Å²) in [7, 11) is 0. The Morgan fingerprint density at radius 2 is 2.60 bits per heavy atom.